The third-order valence-corrected chi connectivity index (χ3v) is 6.19. The van der Waals surface area contributed by atoms with Crippen LogP contribution in [-0.2, 0) is 11.3 Å². The number of urea groups is 1. The summed E-state index contributed by atoms with van der Waals surface area (Å²) in [6, 6.07) is 5.76. The van der Waals surface area contributed by atoms with Crippen LogP contribution in [0, 0.1) is 0 Å². The standard InChI is InChI=1S/C21H27N5O3S/c27-20(17-5-13-30-15-17)24-18-3-7-26(8-4-18)21(28)23-14-16-2-1-6-22-19(16)25-9-11-29-12-10-25/h1-2,5-6,13,15,18H,3-4,7-12,14H2,(H,23,28)(H,24,27). The Morgan fingerprint density at radius 3 is 2.70 bits per heavy atom. The summed E-state index contributed by atoms with van der Waals surface area (Å²) in [6.45, 7) is 4.70. The topological polar surface area (TPSA) is 86.8 Å². The van der Waals surface area contributed by atoms with Crippen LogP contribution in [0.1, 0.15) is 28.8 Å². The molecule has 0 saturated carbocycles. The van der Waals surface area contributed by atoms with Gasteiger partial charge in [-0.1, -0.05) is 6.07 Å². The minimum atomic E-state index is -0.0746. The number of thiophene rings is 1. The van der Waals surface area contributed by atoms with Crippen molar-refractivity contribution in [1.82, 2.24) is 20.5 Å². The average Bonchev–Trinajstić information content (AvgIpc) is 3.34. The maximum absolute atomic E-state index is 12.6. The van der Waals surface area contributed by atoms with Gasteiger partial charge in [0.1, 0.15) is 5.82 Å². The molecule has 2 N–H and O–H groups in total. The number of morpholine rings is 1. The largest absolute Gasteiger partial charge is 0.378 e. The molecule has 9 heteroatoms. The number of anilines is 1. The Morgan fingerprint density at radius 1 is 1.17 bits per heavy atom. The molecule has 0 aliphatic carbocycles. The number of hydrogen-bond acceptors (Lipinski definition) is 6. The van der Waals surface area contributed by atoms with Crippen molar-refractivity contribution in [3.8, 4) is 0 Å². The summed E-state index contributed by atoms with van der Waals surface area (Å²) in [5.74, 6) is 0.877. The van der Waals surface area contributed by atoms with Gasteiger partial charge < -0.3 is 25.2 Å². The van der Waals surface area contributed by atoms with Gasteiger partial charge in [-0.05, 0) is 30.4 Å². The Balaban J connectivity index is 1.25. The van der Waals surface area contributed by atoms with E-state index < -0.39 is 0 Å². The molecule has 2 fully saturated rings. The molecule has 160 valence electrons. The van der Waals surface area contributed by atoms with Crippen LogP contribution in [0.4, 0.5) is 10.6 Å². The fourth-order valence-corrected chi connectivity index (χ4v) is 4.44. The molecule has 2 saturated heterocycles. The van der Waals surface area contributed by atoms with E-state index in [-0.39, 0.29) is 18.0 Å². The van der Waals surface area contributed by atoms with Crippen LogP contribution in [0.5, 0.6) is 0 Å². The normalized spacial score (nSPS) is 17.6. The summed E-state index contributed by atoms with van der Waals surface area (Å²) in [4.78, 5) is 33.4. The van der Waals surface area contributed by atoms with Crippen LogP contribution in [0.3, 0.4) is 0 Å². The number of amides is 3. The number of piperidine rings is 1. The number of pyridine rings is 1. The number of nitrogens with one attached hydrogen (secondary N) is 2. The van der Waals surface area contributed by atoms with E-state index in [4.69, 9.17) is 4.74 Å². The monoisotopic (exact) mass is 429 g/mol. The van der Waals surface area contributed by atoms with E-state index in [1.165, 1.54) is 11.3 Å². The third-order valence-electron chi connectivity index (χ3n) is 5.51. The van der Waals surface area contributed by atoms with E-state index in [0.717, 1.165) is 37.3 Å². The zero-order valence-electron chi connectivity index (χ0n) is 16.9. The van der Waals surface area contributed by atoms with Gasteiger partial charge in [-0.15, -0.1) is 0 Å². The lowest BCUT2D eigenvalue weighted by Gasteiger charge is -2.33. The van der Waals surface area contributed by atoms with Crippen molar-refractivity contribution in [2.45, 2.75) is 25.4 Å². The number of ether oxygens (including phenoxy) is 1. The van der Waals surface area contributed by atoms with Gasteiger partial charge >= 0.3 is 6.03 Å². The van der Waals surface area contributed by atoms with E-state index in [1.54, 1.807) is 6.20 Å². The third kappa shape index (κ3) is 5.09. The summed E-state index contributed by atoms with van der Waals surface area (Å²) >= 11 is 1.51. The molecule has 8 nitrogen and oxygen atoms in total. The summed E-state index contributed by atoms with van der Waals surface area (Å²) < 4.78 is 5.42. The van der Waals surface area contributed by atoms with Crippen LogP contribution in [-0.4, -0.2) is 67.3 Å². The van der Waals surface area contributed by atoms with E-state index in [9.17, 15) is 9.59 Å². The van der Waals surface area contributed by atoms with E-state index in [0.29, 0.717) is 38.4 Å². The van der Waals surface area contributed by atoms with Gasteiger partial charge in [0, 0.05) is 61.5 Å². The van der Waals surface area contributed by atoms with Gasteiger partial charge in [0.25, 0.3) is 5.91 Å². The van der Waals surface area contributed by atoms with E-state index >= 15 is 0 Å². The Labute approximate surface area is 180 Å². The summed E-state index contributed by atoms with van der Waals surface area (Å²) in [5, 5.41) is 9.84. The number of carbonyl (C=O) groups excluding carboxylic acids is 2. The average molecular weight is 430 g/mol. The molecular formula is C21H27N5O3S. The van der Waals surface area contributed by atoms with Crippen LogP contribution in [0.15, 0.2) is 35.2 Å². The number of hydrogen-bond donors (Lipinski definition) is 2. The molecule has 0 atom stereocenters. The molecule has 0 bridgehead atoms. The zero-order valence-corrected chi connectivity index (χ0v) is 17.7. The number of rotatable bonds is 5. The van der Waals surface area contributed by atoms with Crippen LogP contribution >= 0.6 is 11.3 Å². The highest BCUT2D eigenvalue weighted by atomic mass is 32.1. The van der Waals surface area contributed by atoms with Crippen molar-refractivity contribution in [3.63, 3.8) is 0 Å². The Morgan fingerprint density at radius 2 is 1.97 bits per heavy atom. The quantitative estimate of drug-likeness (QED) is 0.760. The molecule has 2 aromatic rings. The lowest BCUT2D eigenvalue weighted by atomic mass is 10.0. The van der Waals surface area contributed by atoms with Crippen molar-refractivity contribution < 1.29 is 14.3 Å². The van der Waals surface area contributed by atoms with Crippen molar-refractivity contribution in [3.05, 3.63) is 46.3 Å². The van der Waals surface area contributed by atoms with Crippen molar-refractivity contribution in [1.29, 1.82) is 0 Å². The number of likely N-dealkylation sites (tertiary alicyclic amines) is 1. The fraction of sp³-hybridized carbons (Fsp3) is 0.476. The second-order valence-electron chi connectivity index (χ2n) is 7.49. The highest BCUT2D eigenvalue weighted by molar-refractivity contribution is 7.08. The Hall–Kier alpha value is -2.65. The SMILES string of the molecule is O=C(NC1CCN(C(=O)NCc2cccnc2N2CCOCC2)CC1)c1ccsc1. The predicted molar refractivity (Wildman–Crippen MR) is 116 cm³/mol. The Kier molecular flexibility index (Phi) is 6.81. The molecule has 4 heterocycles. The molecule has 3 amide bonds. The van der Waals surface area contributed by atoms with Gasteiger partial charge in [0.05, 0.1) is 13.2 Å². The van der Waals surface area contributed by atoms with Crippen LogP contribution < -0.4 is 15.5 Å². The molecule has 0 radical (unpaired) electrons. The van der Waals surface area contributed by atoms with Gasteiger partial charge in [-0.25, -0.2) is 9.78 Å². The summed E-state index contributed by atoms with van der Waals surface area (Å²) in [6.07, 6.45) is 3.30. The van der Waals surface area contributed by atoms with Crippen LogP contribution in [0.2, 0.25) is 0 Å². The van der Waals surface area contributed by atoms with E-state index in [2.05, 4.69) is 20.5 Å². The van der Waals surface area contributed by atoms with Crippen molar-refractivity contribution in [2.75, 3.05) is 44.3 Å². The molecule has 0 spiro atoms. The summed E-state index contributed by atoms with van der Waals surface area (Å²) in [7, 11) is 0. The highest BCUT2D eigenvalue weighted by Gasteiger charge is 2.24. The smallest absolute Gasteiger partial charge is 0.317 e. The first kappa shape index (κ1) is 20.6. The minimum absolute atomic E-state index is 0.0358. The lowest BCUT2D eigenvalue weighted by Crippen LogP contribution is -2.49. The van der Waals surface area contributed by atoms with Gasteiger partial charge in [0.2, 0.25) is 0 Å². The van der Waals surface area contributed by atoms with Gasteiger partial charge in [-0.2, -0.15) is 11.3 Å². The van der Waals surface area contributed by atoms with Crippen molar-refractivity contribution >= 4 is 29.1 Å². The second kappa shape index (κ2) is 9.90. The maximum Gasteiger partial charge on any atom is 0.317 e. The first-order chi connectivity index (χ1) is 14.7. The molecule has 2 aromatic heterocycles. The fourth-order valence-electron chi connectivity index (χ4n) is 3.80. The minimum Gasteiger partial charge on any atom is -0.378 e. The molecule has 0 aromatic carbocycles. The van der Waals surface area contributed by atoms with E-state index in [1.807, 2.05) is 33.9 Å². The highest BCUT2D eigenvalue weighted by Crippen LogP contribution is 2.19. The van der Waals surface area contributed by atoms with Gasteiger partial charge in [0.15, 0.2) is 0 Å². The lowest BCUT2D eigenvalue weighted by molar-refractivity contribution is 0.0918. The summed E-state index contributed by atoms with van der Waals surface area (Å²) in [5.41, 5.74) is 1.71. The van der Waals surface area contributed by atoms with Crippen molar-refractivity contribution in [2.24, 2.45) is 0 Å². The predicted octanol–water partition coefficient (Wildman–Crippen LogP) is 2.08. The molecular weight excluding hydrogens is 402 g/mol. The van der Waals surface area contributed by atoms with Crippen LogP contribution in [0.25, 0.3) is 0 Å². The number of nitrogens with zero attached hydrogens (tertiary/aromatic N) is 3. The molecule has 4 rings (SSSR count). The first-order valence-corrected chi connectivity index (χ1v) is 11.3. The zero-order chi connectivity index (χ0) is 20.8. The molecule has 2 aliphatic heterocycles. The maximum atomic E-state index is 12.6. The Bertz CT molecular complexity index is 846. The van der Waals surface area contributed by atoms with Gasteiger partial charge in [-0.3, -0.25) is 4.79 Å². The number of carbonyl (C=O) groups is 2. The number of aromatic nitrogens is 1. The molecule has 0 unspecified atom stereocenters. The molecule has 2 aliphatic rings. The molecule has 30 heavy (non-hydrogen) atoms. The first-order valence-electron chi connectivity index (χ1n) is 10.3. The second-order valence-corrected chi connectivity index (χ2v) is 8.27.